The normalized spacial score (nSPS) is 21.4. The van der Waals surface area contributed by atoms with Gasteiger partial charge in [-0.1, -0.05) is 94.3 Å². The van der Waals surface area contributed by atoms with Crippen molar-refractivity contribution >= 4 is 11.9 Å². The highest BCUT2D eigenvalue weighted by molar-refractivity contribution is 5.74. The lowest BCUT2D eigenvalue weighted by Gasteiger charge is -2.33. The Hall–Kier alpha value is -2.66. The standard InChI is InChI=1S/C31H43NO4/c1-5-22(6-2)18-28(32-21(4)33)26-19-25(20-27(26)29(34)7-3)31(35)36-30(23-14-10-8-11-15-23)24-16-12-9-13-17-24/h8-17,22,25-30,34H,5-7,18-20H2,1-4H3,(H,32,33)/t25-,26-,27-,28-,29?/m1/s1. The molecule has 0 bridgehead atoms. The Labute approximate surface area is 216 Å². The first-order valence-electron chi connectivity index (χ1n) is 13.6. The lowest BCUT2D eigenvalue weighted by Crippen LogP contribution is -2.44. The molecule has 5 atom stereocenters. The molecule has 1 aliphatic rings. The molecule has 0 aromatic heterocycles. The van der Waals surface area contributed by atoms with E-state index in [4.69, 9.17) is 4.74 Å². The zero-order valence-electron chi connectivity index (χ0n) is 22.2. The molecule has 5 nitrogen and oxygen atoms in total. The third kappa shape index (κ3) is 7.19. The van der Waals surface area contributed by atoms with Gasteiger partial charge in [0.25, 0.3) is 0 Å². The first-order chi connectivity index (χ1) is 17.4. The number of aliphatic hydroxyl groups excluding tert-OH is 1. The molecular formula is C31H43NO4. The maximum absolute atomic E-state index is 13.6. The number of ether oxygens (including phenoxy) is 1. The minimum Gasteiger partial charge on any atom is -0.452 e. The van der Waals surface area contributed by atoms with Crippen LogP contribution in [-0.2, 0) is 14.3 Å². The Kier molecular flexibility index (Phi) is 10.5. The summed E-state index contributed by atoms with van der Waals surface area (Å²) in [6.07, 6.45) is 3.77. The second-order valence-corrected chi connectivity index (χ2v) is 10.3. The monoisotopic (exact) mass is 493 g/mol. The van der Waals surface area contributed by atoms with Crippen LogP contribution in [0.2, 0.25) is 0 Å². The number of hydrogen-bond acceptors (Lipinski definition) is 4. The smallest absolute Gasteiger partial charge is 0.309 e. The molecule has 1 unspecified atom stereocenters. The summed E-state index contributed by atoms with van der Waals surface area (Å²) in [5, 5.41) is 14.1. The van der Waals surface area contributed by atoms with Crippen molar-refractivity contribution in [1.29, 1.82) is 0 Å². The second-order valence-electron chi connectivity index (χ2n) is 10.3. The van der Waals surface area contributed by atoms with Crippen molar-refractivity contribution in [2.75, 3.05) is 0 Å². The topological polar surface area (TPSA) is 75.6 Å². The summed E-state index contributed by atoms with van der Waals surface area (Å²) >= 11 is 0. The van der Waals surface area contributed by atoms with Crippen molar-refractivity contribution in [3.8, 4) is 0 Å². The Balaban J connectivity index is 1.84. The molecule has 1 saturated carbocycles. The van der Waals surface area contributed by atoms with Crippen LogP contribution >= 0.6 is 0 Å². The average Bonchev–Trinajstić information content (AvgIpc) is 3.35. The third-order valence-corrected chi connectivity index (χ3v) is 8.00. The fourth-order valence-electron chi connectivity index (χ4n) is 5.88. The van der Waals surface area contributed by atoms with Crippen molar-refractivity contribution in [1.82, 2.24) is 5.32 Å². The molecule has 5 heteroatoms. The molecule has 3 rings (SSSR count). The SMILES string of the molecule is CCC(CC)C[C@@H](NC(C)=O)[C@@H]1C[C@@H](C(=O)OC(c2ccccc2)c2ccccc2)C[C@H]1C(O)CC. The highest BCUT2D eigenvalue weighted by atomic mass is 16.5. The van der Waals surface area contributed by atoms with Crippen LogP contribution in [0.3, 0.4) is 0 Å². The second kappa shape index (κ2) is 13.6. The van der Waals surface area contributed by atoms with Crippen LogP contribution in [0.1, 0.15) is 83.5 Å². The summed E-state index contributed by atoms with van der Waals surface area (Å²) in [6, 6.07) is 19.6. The van der Waals surface area contributed by atoms with E-state index in [-0.39, 0.29) is 35.7 Å². The van der Waals surface area contributed by atoms with Crippen molar-refractivity contribution in [2.45, 2.75) is 84.5 Å². The van der Waals surface area contributed by atoms with Gasteiger partial charge in [-0.2, -0.15) is 0 Å². The highest BCUT2D eigenvalue weighted by Crippen LogP contribution is 2.44. The Bertz CT molecular complexity index is 904. The largest absolute Gasteiger partial charge is 0.452 e. The zero-order chi connectivity index (χ0) is 26.1. The van der Waals surface area contributed by atoms with Gasteiger partial charge in [-0.3, -0.25) is 9.59 Å². The molecule has 196 valence electrons. The van der Waals surface area contributed by atoms with Crippen LogP contribution in [0.5, 0.6) is 0 Å². The molecule has 1 amide bonds. The van der Waals surface area contributed by atoms with Gasteiger partial charge in [-0.25, -0.2) is 0 Å². The van der Waals surface area contributed by atoms with Crippen LogP contribution < -0.4 is 5.32 Å². The van der Waals surface area contributed by atoms with E-state index in [2.05, 4.69) is 19.2 Å². The van der Waals surface area contributed by atoms with E-state index < -0.39 is 12.2 Å². The Morgan fingerprint density at radius 2 is 1.42 bits per heavy atom. The molecule has 0 radical (unpaired) electrons. The minimum atomic E-state index is -0.509. The maximum Gasteiger partial charge on any atom is 0.309 e. The number of carbonyl (C=O) groups excluding carboxylic acids is 2. The molecule has 36 heavy (non-hydrogen) atoms. The van der Waals surface area contributed by atoms with Gasteiger partial charge in [0.2, 0.25) is 5.91 Å². The Morgan fingerprint density at radius 3 is 1.89 bits per heavy atom. The van der Waals surface area contributed by atoms with Gasteiger partial charge in [0, 0.05) is 13.0 Å². The van der Waals surface area contributed by atoms with E-state index in [1.807, 2.05) is 67.6 Å². The summed E-state index contributed by atoms with van der Waals surface area (Å²) in [6.45, 7) is 7.89. The van der Waals surface area contributed by atoms with E-state index in [0.717, 1.165) is 30.4 Å². The average molecular weight is 494 g/mol. The lowest BCUT2D eigenvalue weighted by molar-refractivity contribution is -0.152. The van der Waals surface area contributed by atoms with Gasteiger partial charge < -0.3 is 15.2 Å². The lowest BCUT2D eigenvalue weighted by atomic mass is 9.79. The van der Waals surface area contributed by atoms with E-state index in [1.165, 1.54) is 0 Å². The number of hydrogen-bond donors (Lipinski definition) is 2. The molecule has 0 saturated heterocycles. The molecular weight excluding hydrogens is 450 g/mol. The van der Waals surface area contributed by atoms with Crippen LogP contribution in [0.25, 0.3) is 0 Å². The van der Waals surface area contributed by atoms with Crippen molar-refractivity contribution in [3.63, 3.8) is 0 Å². The molecule has 0 heterocycles. The van der Waals surface area contributed by atoms with Crippen LogP contribution in [-0.4, -0.2) is 29.1 Å². The predicted octanol–water partition coefficient (Wildman–Crippen LogP) is 6.06. The van der Waals surface area contributed by atoms with Gasteiger partial charge in [0.15, 0.2) is 6.10 Å². The van der Waals surface area contributed by atoms with Gasteiger partial charge in [0.1, 0.15) is 0 Å². The molecule has 1 aliphatic carbocycles. The van der Waals surface area contributed by atoms with Gasteiger partial charge >= 0.3 is 5.97 Å². The number of aliphatic hydroxyl groups is 1. The fraction of sp³-hybridized carbons (Fsp3) is 0.548. The van der Waals surface area contributed by atoms with Crippen molar-refractivity contribution < 1.29 is 19.4 Å². The first-order valence-corrected chi connectivity index (χ1v) is 13.6. The van der Waals surface area contributed by atoms with Crippen LogP contribution in [0, 0.1) is 23.7 Å². The molecule has 2 aromatic rings. The van der Waals surface area contributed by atoms with E-state index in [9.17, 15) is 14.7 Å². The number of rotatable bonds is 12. The fourth-order valence-corrected chi connectivity index (χ4v) is 5.88. The highest BCUT2D eigenvalue weighted by Gasteiger charge is 2.45. The molecule has 2 aromatic carbocycles. The predicted molar refractivity (Wildman–Crippen MR) is 143 cm³/mol. The third-order valence-electron chi connectivity index (χ3n) is 8.00. The maximum atomic E-state index is 13.6. The van der Waals surface area contributed by atoms with Gasteiger partial charge in [-0.15, -0.1) is 0 Å². The summed E-state index contributed by atoms with van der Waals surface area (Å²) in [5.41, 5.74) is 1.86. The van der Waals surface area contributed by atoms with Gasteiger partial charge in [0.05, 0.1) is 12.0 Å². The first kappa shape index (κ1) is 27.9. The number of benzene rings is 2. The van der Waals surface area contributed by atoms with Crippen molar-refractivity contribution in [3.05, 3.63) is 71.8 Å². The number of carbonyl (C=O) groups is 2. The Morgan fingerprint density at radius 1 is 0.889 bits per heavy atom. The summed E-state index contributed by atoms with van der Waals surface area (Å²) in [4.78, 5) is 25.7. The van der Waals surface area contributed by atoms with Gasteiger partial charge in [-0.05, 0) is 54.6 Å². The number of amides is 1. The number of nitrogens with one attached hydrogen (secondary N) is 1. The van der Waals surface area contributed by atoms with E-state index in [1.54, 1.807) is 6.92 Å². The van der Waals surface area contributed by atoms with E-state index in [0.29, 0.717) is 25.2 Å². The molecule has 0 aliphatic heterocycles. The molecule has 1 fully saturated rings. The zero-order valence-corrected chi connectivity index (χ0v) is 22.2. The van der Waals surface area contributed by atoms with Crippen molar-refractivity contribution in [2.24, 2.45) is 23.7 Å². The van der Waals surface area contributed by atoms with Crippen LogP contribution in [0.4, 0.5) is 0 Å². The quantitative estimate of drug-likeness (QED) is 0.352. The summed E-state index contributed by atoms with van der Waals surface area (Å²) in [7, 11) is 0. The molecule has 0 spiro atoms. The van der Waals surface area contributed by atoms with E-state index >= 15 is 0 Å². The molecule has 2 N–H and O–H groups in total. The minimum absolute atomic E-state index is 0.0360. The number of esters is 1. The summed E-state index contributed by atoms with van der Waals surface area (Å²) < 4.78 is 6.19. The van der Waals surface area contributed by atoms with Crippen LogP contribution in [0.15, 0.2) is 60.7 Å². The summed E-state index contributed by atoms with van der Waals surface area (Å²) in [5.74, 6) is -0.121.